The molecule has 9 heteroatoms. The molecule has 1 N–H and O–H groups in total. The van der Waals surface area contributed by atoms with Crippen LogP contribution in [0, 0.1) is 0 Å². The highest BCUT2D eigenvalue weighted by molar-refractivity contribution is 6.42. The summed E-state index contributed by atoms with van der Waals surface area (Å²) < 4.78 is 7.14. The number of likely N-dealkylation sites (N-methyl/N-ethyl adjacent to an activating group) is 1. The van der Waals surface area contributed by atoms with Crippen LogP contribution < -0.4 is 10.1 Å². The third-order valence-corrected chi connectivity index (χ3v) is 5.81. The molecule has 2 amide bonds. The molecule has 3 aromatic rings. The smallest absolute Gasteiger partial charge is 0.260 e. The number of carbonyl (C=O) groups is 2. The highest BCUT2D eigenvalue weighted by Gasteiger charge is 2.23. The molecule has 2 aromatic carbocycles. The molecule has 0 aliphatic carbocycles. The maximum Gasteiger partial charge on any atom is 0.260 e. The van der Waals surface area contributed by atoms with E-state index in [0.29, 0.717) is 33.8 Å². The lowest BCUT2D eigenvalue weighted by molar-refractivity contribution is -0.136. The SMILES string of the molecule is CCN(CC(=O)Nc1cc(C(C)(C)C)nn1-c1ccc(Cl)c(Cl)c1)C(=O)COc1ccccc1. The van der Waals surface area contributed by atoms with Crippen molar-refractivity contribution < 1.29 is 14.3 Å². The highest BCUT2D eigenvalue weighted by Crippen LogP contribution is 2.29. The van der Waals surface area contributed by atoms with Gasteiger partial charge in [0.1, 0.15) is 11.6 Å². The van der Waals surface area contributed by atoms with Crippen LogP contribution in [0.25, 0.3) is 5.69 Å². The van der Waals surface area contributed by atoms with Gasteiger partial charge in [0.15, 0.2) is 6.61 Å². The maximum atomic E-state index is 12.9. The number of aromatic nitrogens is 2. The number of anilines is 1. The normalized spacial score (nSPS) is 11.2. The fourth-order valence-corrected chi connectivity index (χ4v) is 3.43. The summed E-state index contributed by atoms with van der Waals surface area (Å²) in [5.74, 6) is 0.431. The van der Waals surface area contributed by atoms with Crippen molar-refractivity contribution in [2.75, 3.05) is 25.0 Å². The number of halogens is 2. The van der Waals surface area contributed by atoms with E-state index in [0.717, 1.165) is 5.69 Å². The van der Waals surface area contributed by atoms with Crippen molar-refractivity contribution >= 4 is 40.8 Å². The quantitative estimate of drug-likeness (QED) is 0.450. The molecular weight excluding hydrogens is 475 g/mol. The molecule has 0 aliphatic rings. The van der Waals surface area contributed by atoms with Gasteiger partial charge < -0.3 is 15.0 Å². The molecule has 0 unspecified atom stereocenters. The first kappa shape index (κ1) is 25.6. The predicted molar refractivity (Wildman–Crippen MR) is 135 cm³/mol. The Morgan fingerprint density at radius 3 is 2.38 bits per heavy atom. The van der Waals surface area contributed by atoms with Crippen molar-refractivity contribution in [3.05, 3.63) is 70.3 Å². The van der Waals surface area contributed by atoms with E-state index in [1.165, 1.54) is 4.90 Å². The summed E-state index contributed by atoms with van der Waals surface area (Å²) in [7, 11) is 0. The molecule has 0 saturated carbocycles. The molecule has 34 heavy (non-hydrogen) atoms. The van der Waals surface area contributed by atoms with Gasteiger partial charge in [-0.05, 0) is 37.3 Å². The summed E-state index contributed by atoms with van der Waals surface area (Å²) in [6, 6.07) is 16.0. The summed E-state index contributed by atoms with van der Waals surface area (Å²) in [6.07, 6.45) is 0. The Hall–Kier alpha value is -3.03. The van der Waals surface area contributed by atoms with Crippen molar-refractivity contribution in [1.29, 1.82) is 0 Å². The van der Waals surface area contributed by atoms with Crippen molar-refractivity contribution in [3.8, 4) is 11.4 Å². The molecule has 0 bridgehead atoms. The number of hydrogen-bond donors (Lipinski definition) is 1. The van der Waals surface area contributed by atoms with Crippen molar-refractivity contribution in [2.45, 2.75) is 33.1 Å². The zero-order valence-electron chi connectivity index (χ0n) is 19.6. The van der Waals surface area contributed by atoms with E-state index in [-0.39, 0.29) is 30.4 Å². The molecule has 1 heterocycles. The minimum absolute atomic E-state index is 0.120. The Bertz CT molecular complexity index is 1160. The van der Waals surface area contributed by atoms with Crippen LogP contribution in [-0.2, 0) is 15.0 Å². The molecule has 0 radical (unpaired) electrons. The summed E-state index contributed by atoms with van der Waals surface area (Å²) >= 11 is 12.3. The second-order valence-corrected chi connectivity index (χ2v) is 9.55. The van der Waals surface area contributed by atoms with Crippen molar-refractivity contribution in [2.24, 2.45) is 0 Å². The van der Waals surface area contributed by atoms with Crippen LogP contribution in [0.5, 0.6) is 5.75 Å². The van der Waals surface area contributed by atoms with Gasteiger partial charge in [0, 0.05) is 18.0 Å². The van der Waals surface area contributed by atoms with Crippen LogP contribution in [0.15, 0.2) is 54.6 Å². The van der Waals surface area contributed by atoms with Gasteiger partial charge in [-0.1, -0.05) is 62.2 Å². The monoisotopic (exact) mass is 502 g/mol. The lowest BCUT2D eigenvalue weighted by atomic mass is 9.92. The van der Waals surface area contributed by atoms with Crippen molar-refractivity contribution in [1.82, 2.24) is 14.7 Å². The first-order chi connectivity index (χ1) is 16.1. The number of hydrogen-bond acceptors (Lipinski definition) is 4. The summed E-state index contributed by atoms with van der Waals surface area (Å²) in [5.41, 5.74) is 1.19. The molecule has 0 fully saturated rings. The van der Waals surface area contributed by atoms with Gasteiger partial charge in [0.25, 0.3) is 5.91 Å². The first-order valence-electron chi connectivity index (χ1n) is 10.9. The van der Waals surface area contributed by atoms with Gasteiger partial charge in [-0.2, -0.15) is 5.10 Å². The number of carbonyl (C=O) groups excluding carboxylic acids is 2. The van der Waals surface area contributed by atoms with Crippen LogP contribution in [0.1, 0.15) is 33.4 Å². The molecule has 3 rings (SSSR count). The number of amides is 2. The average molecular weight is 503 g/mol. The summed E-state index contributed by atoms with van der Waals surface area (Å²) in [5, 5.41) is 8.36. The van der Waals surface area contributed by atoms with E-state index in [1.54, 1.807) is 35.0 Å². The van der Waals surface area contributed by atoms with E-state index in [9.17, 15) is 9.59 Å². The number of ether oxygens (including phenoxy) is 1. The number of nitrogens with one attached hydrogen (secondary N) is 1. The van der Waals surface area contributed by atoms with Gasteiger partial charge in [-0.15, -0.1) is 0 Å². The zero-order valence-corrected chi connectivity index (χ0v) is 21.2. The number of nitrogens with zero attached hydrogens (tertiary/aromatic N) is 3. The fraction of sp³-hybridized carbons (Fsp3) is 0.320. The Labute approximate surface area is 209 Å². The lowest BCUT2D eigenvalue weighted by Crippen LogP contribution is -2.40. The minimum atomic E-state index is -0.350. The van der Waals surface area contributed by atoms with E-state index in [2.05, 4.69) is 10.4 Å². The molecule has 180 valence electrons. The molecule has 7 nitrogen and oxygen atoms in total. The van der Waals surface area contributed by atoms with Crippen LogP contribution in [0.3, 0.4) is 0 Å². The summed E-state index contributed by atoms with van der Waals surface area (Å²) in [6.45, 7) is 8.00. The second kappa shape index (κ2) is 10.9. The maximum absolute atomic E-state index is 12.9. The molecule has 0 atom stereocenters. The predicted octanol–water partition coefficient (Wildman–Crippen LogP) is 5.34. The van der Waals surface area contributed by atoms with Gasteiger partial charge in [-0.3, -0.25) is 9.59 Å². The average Bonchev–Trinajstić information content (AvgIpc) is 3.22. The largest absolute Gasteiger partial charge is 0.484 e. The summed E-state index contributed by atoms with van der Waals surface area (Å²) in [4.78, 5) is 26.9. The Kier molecular flexibility index (Phi) is 8.23. The van der Waals surface area contributed by atoms with Gasteiger partial charge >= 0.3 is 0 Å². The van der Waals surface area contributed by atoms with E-state index >= 15 is 0 Å². The highest BCUT2D eigenvalue weighted by atomic mass is 35.5. The molecule has 0 spiro atoms. The van der Waals surface area contributed by atoms with Gasteiger partial charge in [0.05, 0.1) is 28.0 Å². The zero-order chi connectivity index (χ0) is 24.9. The van der Waals surface area contributed by atoms with Crippen molar-refractivity contribution in [3.63, 3.8) is 0 Å². The molecule has 1 aromatic heterocycles. The van der Waals surface area contributed by atoms with E-state index in [4.69, 9.17) is 27.9 Å². The Morgan fingerprint density at radius 1 is 1.06 bits per heavy atom. The van der Waals surface area contributed by atoms with Gasteiger partial charge in [-0.25, -0.2) is 4.68 Å². The van der Waals surface area contributed by atoms with Crippen LogP contribution in [-0.4, -0.2) is 46.2 Å². The standard InChI is InChI=1S/C25H28Cl2N4O3/c1-5-30(24(33)16-34-18-9-7-6-8-10-18)15-23(32)28-22-14-21(25(2,3)4)29-31(22)17-11-12-19(26)20(27)13-17/h6-14H,5,15-16H2,1-4H3,(H,28,32). The number of rotatable bonds is 8. The fourth-order valence-electron chi connectivity index (χ4n) is 3.14. The number of para-hydroxylation sites is 1. The van der Waals surface area contributed by atoms with Gasteiger partial charge in [0.2, 0.25) is 5.91 Å². The molecular formula is C25H28Cl2N4O3. The Morgan fingerprint density at radius 2 is 1.76 bits per heavy atom. The minimum Gasteiger partial charge on any atom is -0.484 e. The third-order valence-electron chi connectivity index (χ3n) is 5.07. The van der Waals surface area contributed by atoms with E-state index in [1.807, 2.05) is 52.0 Å². The molecule has 0 aliphatic heterocycles. The lowest BCUT2D eigenvalue weighted by Gasteiger charge is -2.20. The van der Waals surface area contributed by atoms with Crippen LogP contribution in [0.4, 0.5) is 5.82 Å². The van der Waals surface area contributed by atoms with E-state index < -0.39 is 0 Å². The molecule has 0 saturated heterocycles. The van der Waals surface area contributed by atoms with Crippen LogP contribution in [0.2, 0.25) is 10.0 Å². The second-order valence-electron chi connectivity index (χ2n) is 8.73. The third kappa shape index (κ3) is 6.52. The van der Waals surface area contributed by atoms with Crippen LogP contribution >= 0.6 is 23.2 Å². The Balaban J connectivity index is 1.75. The number of benzene rings is 2. The first-order valence-corrected chi connectivity index (χ1v) is 11.7. The topological polar surface area (TPSA) is 76.5 Å².